The molecule has 0 aromatic heterocycles. The van der Waals surface area contributed by atoms with Crippen LogP contribution in [0.4, 0.5) is 0 Å². The first kappa shape index (κ1) is 6.36. The minimum atomic E-state index is -1.97. The molecule has 0 saturated heterocycles. The molecule has 0 bridgehead atoms. The standard InChI is InChI=1S/CH5Cl2PS/c1-4(2,3)5/h4-5H,1H3. The van der Waals surface area contributed by atoms with E-state index < -0.39 is 5.17 Å². The van der Waals surface area contributed by atoms with E-state index in [1.807, 2.05) is 0 Å². The summed E-state index contributed by atoms with van der Waals surface area (Å²) in [4.78, 5) is 0. The molecule has 0 unspecified atom stereocenters. The van der Waals surface area contributed by atoms with Crippen LogP contribution in [0.25, 0.3) is 0 Å². The van der Waals surface area contributed by atoms with E-state index in [0.717, 1.165) is 0 Å². The van der Waals surface area contributed by atoms with Crippen LogP contribution in [-0.4, -0.2) is 6.66 Å². The Morgan fingerprint density at radius 1 is 1.60 bits per heavy atom. The molecule has 0 aliphatic rings. The Morgan fingerprint density at radius 2 is 1.60 bits per heavy atom. The van der Waals surface area contributed by atoms with Gasteiger partial charge < -0.3 is 0 Å². The van der Waals surface area contributed by atoms with Crippen molar-refractivity contribution < 1.29 is 0 Å². The van der Waals surface area contributed by atoms with Crippen LogP contribution in [0, 0.1) is 0 Å². The molecule has 0 fully saturated rings. The Morgan fingerprint density at radius 3 is 1.60 bits per heavy atom. The molecule has 0 amide bonds. The summed E-state index contributed by atoms with van der Waals surface area (Å²) in [7, 11) is 0. The third-order valence-electron chi connectivity index (χ3n) is 0. The molecule has 0 N–H and O–H groups in total. The van der Waals surface area contributed by atoms with Gasteiger partial charge in [-0.1, -0.05) is 0 Å². The van der Waals surface area contributed by atoms with E-state index in [1.54, 1.807) is 6.66 Å². The zero-order valence-corrected chi connectivity index (χ0v) is 6.11. The Labute approximate surface area is 46.9 Å². The number of hydrogen-bond donors (Lipinski definition) is 1. The fraction of sp³-hybridized carbons (Fsp3) is 1.00. The SMILES string of the molecule is C[PH](S)(Cl)Cl. The van der Waals surface area contributed by atoms with E-state index in [1.165, 1.54) is 0 Å². The van der Waals surface area contributed by atoms with Gasteiger partial charge >= 0.3 is 46.6 Å². The molecule has 0 saturated carbocycles. The summed E-state index contributed by atoms with van der Waals surface area (Å²) in [5.41, 5.74) is 0. The fourth-order valence-electron chi connectivity index (χ4n) is 0. The van der Waals surface area contributed by atoms with Crippen molar-refractivity contribution in [2.24, 2.45) is 0 Å². The van der Waals surface area contributed by atoms with Crippen LogP contribution in [0.2, 0.25) is 0 Å². The molecule has 0 spiro atoms. The van der Waals surface area contributed by atoms with E-state index in [4.69, 9.17) is 22.5 Å². The monoisotopic (exact) mass is 150 g/mol. The molecule has 5 heavy (non-hydrogen) atoms. The van der Waals surface area contributed by atoms with Gasteiger partial charge in [-0.2, -0.15) is 0 Å². The van der Waals surface area contributed by atoms with Crippen LogP contribution < -0.4 is 0 Å². The first-order valence-electron chi connectivity index (χ1n) is 1.10. The summed E-state index contributed by atoms with van der Waals surface area (Å²) in [6.45, 7) is 1.72. The summed E-state index contributed by atoms with van der Waals surface area (Å²) < 4.78 is 0. The van der Waals surface area contributed by atoms with Gasteiger partial charge in [0.2, 0.25) is 0 Å². The van der Waals surface area contributed by atoms with Crippen molar-refractivity contribution in [1.82, 2.24) is 0 Å². The zero-order chi connectivity index (χ0) is 4.50. The third kappa shape index (κ3) is 32.7. The minimum absolute atomic E-state index is 1.72. The number of hydrogen-bond acceptors (Lipinski definition) is 1. The number of rotatable bonds is 0. The van der Waals surface area contributed by atoms with Gasteiger partial charge in [0.1, 0.15) is 0 Å². The quantitative estimate of drug-likeness (QED) is 0.399. The van der Waals surface area contributed by atoms with Crippen molar-refractivity contribution >= 4 is 39.9 Å². The average molecular weight is 151 g/mol. The van der Waals surface area contributed by atoms with Gasteiger partial charge in [0.05, 0.1) is 0 Å². The predicted molar refractivity (Wildman–Crippen MR) is 34.9 cm³/mol. The van der Waals surface area contributed by atoms with Crippen molar-refractivity contribution in [3.8, 4) is 0 Å². The van der Waals surface area contributed by atoms with Crippen LogP contribution in [0.5, 0.6) is 0 Å². The van der Waals surface area contributed by atoms with Crippen molar-refractivity contribution in [2.75, 3.05) is 6.66 Å². The molecule has 0 nitrogen and oxygen atoms in total. The molecule has 0 rings (SSSR count). The second kappa shape index (κ2) is 1.88. The van der Waals surface area contributed by atoms with E-state index in [-0.39, 0.29) is 0 Å². The topological polar surface area (TPSA) is 0 Å². The molecule has 0 radical (unpaired) electrons. The summed E-state index contributed by atoms with van der Waals surface area (Å²) in [6.07, 6.45) is 0. The number of halogens is 2. The average Bonchev–Trinajstić information content (AvgIpc) is 0.722. The van der Waals surface area contributed by atoms with Gasteiger partial charge in [-0.3, -0.25) is 0 Å². The second-order valence-corrected chi connectivity index (χ2v) is 11.9. The Hall–Kier alpha value is 1.36. The molecule has 0 heterocycles. The maximum atomic E-state index is 5.30. The van der Waals surface area contributed by atoms with Crippen molar-refractivity contribution in [3.63, 3.8) is 0 Å². The molecule has 0 aliphatic heterocycles. The van der Waals surface area contributed by atoms with Gasteiger partial charge in [0.25, 0.3) is 0 Å². The van der Waals surface area contributed by atoms with Crippen LogP contribution in [0.15, 0.2) is 0 Å². The second-order valence-electron chi connectivity index (χ2n) is 0.842. The number of thiol groups is 1. The van der Waals surface area contributed by atoms with Crippen LogP contribution in [0.1, 0.15) is 0 Å². The molecule has 0 aromatic rings. The molecule has 34 valence electrons. The Kier molecular flexibility index (Phi) is 2.39. The summed E-state index contributed by atoms with van der Waals surface area (Å²) in [6, 6.07) is 0. The Balaban J connectivity index is 3.02. The van der Waals surface area contributed by atoms with Gasteiger partial charge in [0.15, 0.2) is 0 Å². The van der Waals surface area contributed by atoms with Gasteiger partial charge in [-0.15, -0.1) is 0 Å². The van der Waals surface area contributed by atoms with E-state index in [2.05, 4.69) is 12.2 Å². The van der Waals surface area contributed by atoms with E-state index >= 15 is 0 Å². The molecular formula is CH5Cl2PS. The van der Waals surface area contributed by atoms with Crippen LogP contribution in [0.3, 0.4) is 0 Å². The van der Waals surface area contributed by atoms with Crippen molar-refractivity contribution in [2.45, 2.75) is 0 Å². The third-order valence-corrected chi connectivity index (χ3v) is 0. The molecule has 4 heteroatoms. The molecule has 0 atom stereocenters. The van der Waals surface area contributed by atoms with Gasteiger partial charge in [-0.05, 0) is 0 Å². The zero-order valence-electron chi connectivity index (χ0n) is 2.70. The fourth-order valence-corrected chi connectivity index (χ4v) is 0. The van der Waals surface area contributed by atoms with Gasteiger partial charge in [0, 0.05) is 0 Å². The van der Waals surface area contributed by atoms with Crippen LogP contribution in [-0.2, 0) is 0 Å². The van der Waals surface area contributed by atoms with Gasteiger partial charge in [-0.25, -0.2) is 0 Å². The summed E-state index contributed by atoms with van der Waals surface area (Å²) >= 11 is 14.4. The predicted octanol–water partition coefficient (Wildman–Crippen LogP) is 2.52. The normalized spacial score (nSPS) is 15.2. The molecule has 0 aliphatic carbocycles. The Bertz CT molecular complexity index is 25.1. The molecular weight excluding hydrogens is 146 g/mol. The summed E-state index contributed by atoms with van der Waals surface area (Å²) in [5, 5.41) is -1.97. The maximum absolute atomic E-state index is 5.30. The first-order chi connectivity index (χ1) is 2.00. The van der Waals surface area contributed by atoms with Crippen molar-refractivity contribution in [1.29, 1.82) is 0 Å². The van der Waals surface area contributed by atoms with Crippen molar-refractivity contribution in [3.05, 3.63) is 0 Å². The molecule has 0 aromatic carbocycles. The first-order valence-corrected chi connectivity index (χ1v) is 6.91. The van der Waals surface area contributed by atoms with Crippen LogP contribution >= 0.6 is 39.9 Å². The van der Waals surface area contributed by atoms with E-state index in [9.17, 15) is 0 Å². The van der Waals surface area contributed by atoms with E-state index in [0.29, 0.717) is 0 Å². The summed E-state index contributed by atoms with van der Waals surface area (Å²) in [5.74, 6) is 0.